The summed E-state index contributed by atoms with van der Waals surface area (Å²) < 4.78 is 10.3. The van der Waals surface area contributed by atoms with Gasteiger partial charge >= 0.3 is 0 Å². The van der Waals surface area contributed by atoms with E-state index in [4.69, 9.17) is 9.47 Å². The van der Waals surface area contributed by atoms with Crippen molar-refractivity contribution >= 4 is 6.08 Å². The topological polar surface area (TPSA) is 47.9 Å². The zero-order chi connectivity index (χ0) is 11.3. The molecule has 0 radical (unpaired) electrons. The van der Waals surface area contributed by atoms with Crippen LogP contribution in [0.2, 0.25) is 0 Å². The van der Waals surface area contributed by atoms with Gasteiger partial charge in [0.2, 0.25) is 6.08 Å². The molecule has 0 saturated heterocycles. The zero-order valence-corrected chi connectivity index (χ0v) is 9.03. The fourth-order valence-corrected chi connectivity index (χ4v) is 1.38. The smallest absolute Gasteiger partial charge is 0.235 e. The van der Waals surface area contributed by atoms with E-state index in [2.05, 4.69) is 4.99 Å². The molecule has 0 aliphatic rings. The molecule has 4 nitrogen and oxygen atoms in total. The number of hydrogen-bond donors (Lipinski definition) is 0. The van der Waals surface area contributed by atoms with Crippen LogP contribution in [0.3, 0.4) is 0 Å². The van der Waals surface area contributed by atoms with E-state index >= 15 is 0 Å². The number of nitrogens with zero attached hydrogens (tertiary/aromatic N) is 1. The summed E-state index contributed by atoms with van der Waals surface area (Å²) in [5, 5.41) is 0. The molecule has 0 aliphatic carbocycles. The van der Waals surface area contributed by atoms with Crippen LogP contribution >= 0.6 is 0 Å². The van der Waals surface area contributed by atoms with Crippen LogP contribution < -0.4 is 9.47 Å². The van der Waals surface area contributed by atoms with Gasteiger partial charge in [-0.2, -0.15) is 0 Å². The van der Waals surface area contributed by atoms with E-state index in [1.165, 1.54) is 6.08 Å². The number of aryl methyl sites for hydroxylation is 1. The highest BCUT2D eigenvalue weighted by Crippen LogP contribution is 2.28. The first-order valence-electron chi connectivity index (χ1n) is 4.48. The molecule has 1 aromatic rings. The first-order valence-corrected chi connectivity index (χ1v) is 4.48. The lowest BCUT2D eigenvalue weighted by Gasteiger charge is -2.11. The molecule has 0 saturated carbocycles. The number of ether oxygens (including phenoxy) is 2. The second-order valence-electron chi connectivity index (χ2n) is 3.04. The summed E-state index contributed by atoms with van der Waals surface area (Å²) in [4.78, 5) is 13.5. The van der Waals surface area contributed by atoms with Crippen molar-refractivity contribution in [3.05, 3.63) is 23.3 Å². The normalized spacial score (nSPS) is 9.27. The average Bonchev–Trinajstić information content (AvgIpc) is 2.26. The third-order valence-electron chi connectivity index (χ3n) is 2.11. The number of benzene rings is 1. The Kier molecular flexibility index (Phi) is 3.89. The molecule has 0 N–H and O–H groups in total. The molecule has 0 fully saturated rings. The first kappa shape index (κ1) is 11.3. The highest BCUT2D eigenvalue weighted by molar-refractivity contribution is 5.46. The number of aliphatic imine (C=N–C) groups is 1. The van der Waals surface area contributed by atoms with E-state index < -0.39 is 0 Å². The molecule has 4 heteroatoms. The van der Waals surface area contributed by atoms with Crippen LogP contribution in [0, 0.1) is 6.92 Å². The standard InChI is InChI=1S/C11H13NO3/c1-8-4-9(6-12-7-13)11(15-3)5-10(8)14-2/h4-5H,6H2,1-3H3. The first-order chi connectivity index (χ1) is 7.22. The van der Waals surface area contributed by atoms with Crippen LogP contribution in [0.4, 0.5) is 0 Å². The van der Waals surface area contributed by atoms with Gasteiger partial charge in [0.25, 0.3) is 0 Å². The minimum absolute atomic E-state index is 0.275. The number of rotatable bonds is 4. The lowest BCUT2D eigenvalue weighted by molar-refractivity contribution is 0.389. The minimum Gasteiger partial charge on any atom is -0.496 e. The van der Waals surface area contributed by atoms with Gasteiger partial charge in [0.05, 0.1) is 20.8 Å². The predicted octanol–water partition coefficient (Wildman–Crippen LogP) is 1.85. The fraction of sp³-hybridized carbons (Fsp3) is 0.364. The summed E-state index contributed by atoms with van der Waals surface area (Å²) in [6, 6.07) is 3.67. The Morgan fingerprint density at radius 1 is 1.27 bits per heavy atom. The zero-order valence-electron chi connectivity index (χ0n) is 9.03. The predicted molar refractivity (Wildman–Crippen MR) is 56.1 cm³/mol. The van der Waals surface area contributed by atoms with E-state index in [1.54, 1.807) is 20.3 Å². The average molecular weight is 207 g/mol. The maximum Gasteiger partial charge on any atom is 0.235 e. The monoisotopic (exact) mass is 207 g/mol. The van der Waals surface area contributed by atoms with Gasteiger partial charge < -0.3 is 9.47 Å². The highest BCUT2D eigenvalue weighted by Gasteiger charge is 2.07. The molecule has 0 unspecified atom stereocenters. The van der Waals surface area contributed by atoms with Crippen LogP contribution in [0.25, 0.3) is 0 Å². The van der Waals surface area contributed by atoms with Gasteiger partial charge in [-0.25, -0.2) is 9.79 Å². The molecule has 0 heterocycles. The largest absolute Gasteiger partial charge is 0.496 e. The summed E-state index contributed by atoms with van der Waals surface area (Å²) in [6.45, 7) is 2.20. The molecule has 80 valence electrons. The van der Waals surface area contributed by atoms with E-state index in [-0.39, 0.29) is 6.54 Å². The molecular weight excluding hydrogens is 194 g/mol. The number of isocyanates is 1. The molecule has 0 bridgehead atoms. The third kappa shape index (κ3) is 2.58. The molecule has 0 atom stereocenters. The second-order valence-corrected chi connectivity index (χ2v) is 3.04. The number of methoxy groups -OCH3 is 2. The van der Waals surface area contributed by atoms with Crippen LogP contribution in [0.15, 0.2) is 17.1 Å². The van der Waals surface area contributed by atoms with Gasteiger partial charge in [-0.15, -0.1) is 0 Å². The highest BCUT2D eigenvalue weighted by atomic mass is 16.5. The van der Waals surface area contributed by atoms with E-state index in [0.29, 0.717) is 5.75 Å². The lowest BCUT2D eigenvalue weighted by atomic mass is 10.1. The number of carbonyl (C=O) groups excluding carboxylic acids is 1. The third-order valence-corrected chi connectivity index (χ3v) is 2.11. The second kappa shape index (κ2) is 5.17. The molecular formula is C11H13NO3. The SMILES string of the molecule is COc1cc(OC)c(CN=C=O)cc1C. The van der Waals surface area contributed by atoms with Crippen molar-refractivity contribution in [1.29, 1.82) is 0 Å². The quantitative estimate of drug-likeness (QED) is 0.559. The van der Waals surface area contributed by atoms with Gasteiger partial charge in [-0.3, -0.25) is 0 Å². The molecule has 1 rings (SSSR count). The Hall–Kier alpha value is -1.80. The van der Waals surface area contributed by atoms with Crippen LogP contribution in [-0.4, -0.2) is 20.3 Å². The summed E-state index contributed by atoms with van der Waals surface area (Å²) in [6.07, 6.45) is 1.50. The summed E-state index contributed by atoms with van der Waals surface area (Å²) in [5.74, 6) is 1.42. The van der Waals surface area contributed by atoms with E-state index in [0.717, 1.165) is 16.9 Å². The molecule has 0 aliphatic heterocycles. The van der Waals surface area contributed by atoms with Crippen molar-refractivity contribution in [2.75, 3.05) is 14.2 Å². The summed E-state index contributed by atoms with van der Waals surface area (Å²) in [7, 11) is 3.17. The molecule has 0 spiro atoms. The minimum atomic E-state index is 0.275. The Labute approximate surface area is 88.5 Å². The van der Waals surface area contributed by atoms with Gasteiger partial charge in [-0.05, 0) is 18.6 Å². The summed E-state index contributed by atoms with van der Waals surface area (Å²) >= 11 is 0. The van der Waals surface area contributed by atoms with Crippen LogP contribution in [-0.2, 0) is 11.3 Å². The Morgan fingerprint density at radius 2 is 1.93 bits per heavy atom. The molecule has 0 amide bonds. The maximum atomic E-state index is 10.0. The van der Waals surface area contributed by atoms with Crippen molar-refractivity contribution in [2.24, 2.45) is 4.99 Å². The molecule has 0 aromatic heterocycles. The summed E-state index contributed by atoms with van der Waals surface area (Å²) in [5.41, 5.74) is 1.83. The van der Waals surface area contributed by atoms with Crippen LogP contribution in [0.5, 0.6) is 11.5 Å². The van der Waals surface area contributed by atoms with Crippen molar-refractivity contribution in [3.63, 3.8) is 0 Å². The van der Waals surface area contributed by atoms with E-state index in [9.17, 15) is 4.79 Å². The van der Waals surface area contributed by atoms with Gasteiger partial charge in [-0.1, -0.05) is 0 Å². The number of hydrogen-bond acceptors (Lipinski definition) is 4. The van der Waals surface area contributed by atoms with Crippen molar-refractivity contribution in [1.82, 2.24) is 0 Å². The Balaban J connectivity index is 3.14. The molecule has 15 heavy (non-hydrogen) atoms. The van der Waals surface area contributed by atoms with Gasteiger partial charge in [0, 0.05) is 11.6 Å². The van der Waals surface area contributed by atoms with Crippen LogP contribution in [0.1, 0.15) is 11.1 Å². The molecule has 1 aromatic carbocycles. The van der Waals surface area contributed by atoms with Crippen molar-refractivity contribution in [2.45, 2.75) is 13.5 Å². The van der Waals surface area contributed by atoms with Gasteiger partial charge in [0.1, 0.15) is 11.5 Å². The van der Waals surface area contributed by atoms with Crippen molar-refractivity contribution < 1.29 is 14.3 Å². The van der Waals surface area contributed by atoms with Crippen molar-refractivity contribution in [3.8, 4) is 11.5 Å². The lowest BCUT2D eigenvalue weighted by Crippen LogP contribution is -1.95. The fourth-order valence-electron chi connectivity index (χ4n) is 1.38. The Bertz CT molecular complexity index is 395. The Morgan fingerprint density at radius 3 is 2.47 bits per heavy atom. The maximum absolute atomic E-state index is 10.0. The van der Waals surface area contributed by atoms with E-state index in [1.807, 2.05) is 13.0 Å². The van der Waals surface area contributed by atoms with Gasteiger partial charge in [0.15, 0.2) is 0 Å².